The smallest absolute Gasteiger partial charge is 0.413 e. The Labute approximate surface area is 110 Å². The average Bonchev–Trinajstić information content (AvgIpc) is 2.26. The zero-order valence-corrected chi connectivity index (χ0v) is 11.9. The summed E-state index contributed by atoms with van der Waals surface area (Å²) in [5, 5.41) is 6.05. The number of thioether (sulfide) groups is 1. The van der Waals surface area contributed by atoms with Crippen LogP contribution in [0.2, 0.25) is 0 Å². The number of carbonyl (C=O) groups is 1. The lowest BCUT2D eigenvalue weighted by atomic mass is 10.1. The molecule has 0 aliphatic heterocycles. The van der Waals surface area contributed by atoms with Gasteiger partial charge in [0.1, 0.15) is 0 Å². The van der Waals surface area contributed by atoms with E-state index in [4.69, 9.17) is 0 Å². The maximum atomic E-state index is 11.1. The van der Waals surface area contributed by atoms with E-state index >= 15 is 0 Å². The fourth-order valence-electron chi connectivity index (χ4n) is 1.04. The van der Waals surface area contributed by atoms with Crippen molar-refractivity contribution < 1.29 is 9.53 Å². The van der Waals surface area contributed by atoms with Crippen molar-refractivity contribution >= 4 is 29.8 Å². The maximum absolute atomic E-state index is 11.1. The van der Waals surface area contributed by atoms with Crippen molar-refractivity contribution in [3.63, 3.8) is 0 Å². The van der Waals surface area contributed by atoms with Crippen LogP contribution in [-0.4, -0.2) is 39.9 Å². The van der Waals surface area contributed by atoms with E-state index in [1.54, 1.807) is 0 Å². The van der Waals surface area contributed by atoms with Crippen LogP contribution >= 0.6 is 11.8 Å². The van der Waals surface area contributed by atoms with E-state index in [9.17, 15) is 4.79 Å². The predicted octanol–water partition coefficient (Wildman–Crippen LogP) is 1.98. The highest BCUT2D eigenvalue weighted by Crippen LogP contribution is 2.16. The van der Waals surface area contributed by atoms with Crippen molar-refractivity contribution in [3.8, 4) is 0 Å². The summed E-state index contributed by atoms with van der Waals surface area (Å²) in [5.74, 6) is 0.571. The molecule has 0 unspecified atom stereocenters. The Morgan fingerprint density at radius 1 is 1.22 bits per heavy atom. The quantitative estimate of drug-likeness (QED) is 0.812. The molecule has 0 aromatic carbocycles. The summed E-state index contributed by atoms with van der Waals surface area (Å²) in [4.78, 5) is 23.5. The first-order valence-corrected chi connectivity index (χ1v) is 6.50. The number of rotatable bonds is 3. The molecule has 8 heteroatoms. The lowest BCUT2D eigenvalue weighted by molar-refractivity contribution is 0.186. The molecule has 1 heterocycles. The first-order chi connectivity index (χ1) is 8.34. The lowest BCUT2D eigenvalue weighted by Gasteiger charge is -2.20. The molecule has 0 radical (unpaired) electrons. The van der Waals surface area contributed by atoms with E-state index in [1.165, 1.54) is 18.9 Å². The summed E-state index contributed by atoms with van der Waals surface area (Å²) in [5.41, 5.74) is -0.181. The Morgan fingerprint density at radius 2 is 1.83 bits per heavy atom. The van der Waals surface area contributed by atoms with Crippen molar-refractivity contribution in [2.24, 2.45) is 0 Å². The fourth-order valence-corrected chi connectivity index (χ4v) is 1.39. The van der Waals surface area contributed by atoms with E-state index in [1.807, 2.05) is 27.0 Å². The second-order valence-corrected chi connectivity index (χ2v) is 5.23. The van der Waals surface area contributed by atoms with Gasteiger partial charge in [0.05, 0.1) is 7.11 Å². The van der Waals surface area contributed by atoms with Gasteiger partial charge in [-0.1, -0.05) is 11.8 Å². The van der Waals surface area contributed by atoms with Gasteiger partial charge in [0.25, 0.3) is 0 Å². The van der Waals surface area contributed by atoms with Crippen LogP contribution in [0.15, 0.2) is 5.16 Å². The third-order valence-electron chi connectivity index (χ3n) is 1.68. The van der Waals surface area contributed by atoms with Crippen molar-refractivity contribution in [1.82, 2.24) is 15.0 Å². The number of anilines is 2. The van der Waals surface area contributed by atoms with Crippen LogP contribution in [0.5, 0.6) is 0 Å². The molecule has 1 aromatic rings. The molecular weight excluding hydrogens is 254 g/mol. The van der Waals surface area contributed by atoms with Crippen molar-refractivity contribution in [3.05, 3.63) is 0 Å². The zero-order chi connectivity index (χ0) is 13.8. The number of amides is 1. The monoisotopic (exact) mass is 271 g/mol. The van der Waals surface area contributed by atoms with Crippen molar-refractivity contribution in [2.75, 3.05) is 24.0 Å². The van der Waals surface area contributed by atoms with Crippen LogP contribution in [0.25, 0.3) is 0 Å². The number of nitrogens with zero attached hydrogens (tertiary/aromatic N) is 3. The third kappa shape index (κ3) is 4.74. The Hall–Kier alpha value is -1.57. The standard InChI is InChI=1S/C10H17N5O2S/c1-10(2,3)15-7-11-6(14-9(16)17-4)12-8(13-7)18-5/h1-5H3,(H2,11,12,13,14,15,16). The second-order valence-electron chi connectivity index (χ2n) is 4.46. The van der Waals surface area contributed by atoms with Crippen LogP contribution in [0.3, 0.4) is 0 Å². The van der Waals surface area contributed by atoms with E-state index < -0.39 is 6.09 Å². The molecule has 0 aliphatic rings. The third-order valence-corrected chi connectivity index (χ3v) is 2.23. The summed E-state index contributed by atoms with van der Waals surface area (Å²) in [6.45, 7) is 5.97. The molecule has 0 atom stereocenters. The molecule has 0 fully saturated rings. The molecule has 0 bridgehead atoms. The maximum Gasteiger partial charge on any atom is 0.413 e. The van der Waals surface area contributed by atoms with Crippen LogP contribution in [0, 0.1) is 0 Å². The summed E-state index contributed by atoms with van der Waals surface area (Å²) >= 11 is 1.36. The molecule has 0 spiro atoms. The van der Waals surface area contributed by atoms with Crippen molar-refractivity contribution in [2.45, 2.75) is 31.5 Å². The highest BCUT2D eigenvalue weighted by Gasteiger charge is 2.14. The molecule has 18 heavy (non-hydrogen) atoms. The van der Waals surface area contributed by atoms with Crippen molar-refractivity contribution in [1.29, 1.82) is 0 Å². The number of carbonyl (C=O) groups excluding carboxylic acids is 1. The molecule has 7 nitrogen and oxygen atoms in total. The highest BCUT2D eigenvalue weighted by molar-refractivity contribution is 7.98. The first-order valence-electron chi connectivity index (χ1n) is 5.27. The molecular formula is C10H17N5O2S. The van der Waals surface area contributed by atoms with Gasteiger partial charge in [-0.2, -0.15) is 15.0 Å². The number of hydrogen-bond donors (Lipinski definition) is 2. The van der Waals surface area contributed by atoms with Gasteiger partial charge in [-0.3, -0.25) is 5.32 Å². The number of hydrogen-bond acceptors (Lipinski definition) is 7. The molecule has 1 amide bonds. The number of methoxy groups -OCH3 is 1. The minimum absolute atomic E-state index is 0.160. The Morgan fingerprint density at radius 3 is 2.33 bits per heavy atom. The molecule has 0 saturated carbocycles. The topological polar surface area (TPSA) is 89.0 Å². The number of aromatic nitrogens is 3. The lowest BCUT2D eigenvalue weighted by Crippen LogP contribution is -2.28. The molecule has 1 rings (SSSR count). The Balaban J connectivity index is 2.98. The average molecular weight is 271 g/mol. The zero-order valence-electron chi connectivity index (χ0n) is 11.1. The Bertz CT molecular complexity index is 433. The highest BCUT2D eigenvalue weighted by atomic mass is 32.2. The van der Waals surface area contributed by atoms with Gasteiger partial charge in [0, 0.05) is 5.54 Å². The van der Waals surface area contributed by atoms with Gasteiger partial charge in [-0.15, -0.1) is 0 Å². The van der Waals surface area contributed by atoms with E-state index in [2.05, 4.69) is 30.3 Å². The molecule has 2 N–H and O–H groups in total. The normalized spacial score (nSPS) is 10.9. The first kappa shape index (κ1) is 14.5. The predicted molar refractivity (Wildman–Crippen MR) is 71.0 cm³/mol. The fraction of sp³-hybridized carbons (Fsp3) is 0.600. The summed E-state index contributed by atoms with van der Waals surface area (Å²) < 4.78 is 4.49. The van der Waals surface area contributed by atoms with E-state index in [0.717, 1.165) is 0 Å². The van der Waals surface area contributed by atoms with Gasteiger partial charge >= 0.3 is 6.09 Å². The number of nitrogens with one attached hydrogen (secondary N) is 2. The van der Waals surface area contributed by atoms with Crippen LogP contribution < -0.4 is 10.6 Å². The molecule has 0 saturated heterocycles. The molecule has 0 aliphatic carbocycles. The summed E-state index contributed by atoms with van der Waals surface area (Å²) in [6, 6.07) is 0. The van der Waals surface area contributed by atoms with Crippen LogP contribution in [0.4, 0.5) is 16.7 Å². The number of ether oxygens (including phenoxy) is 1. The van der Waals surface area contributed by atoms with E-state index in [-0.39, 0.29) is 11.5 Å². The minimum Gasteiger partial charge on any atom is -0.453 e. The summed E-state index contributed by atoms with van der Waals surface area (Å²) in [7, 11) is 1.28. The Kier molecular flexibility index (Phi) is 4.71. The minimum atomic E-state index is -0.616. The van der Waals surface area contributed by atoms with Crippen LogP contribution in [-0.2, 0) is 4.74 Å². The van der Waals surface area contributed by atoms with Gasteiger partial charge in [-0.25, -0.2) is 4.79 Å². The van der Waals surface area contributed by atoms with Gasteiger partial charge in [0.2, 0.25) is 11.9 Å². The molecule has 1 aromatic heterocycles. The van der Waals surface area contributed by atoms with E-state index in [0.29, 0.717) is 11.1 Å². The largest absolute Gasteiger partial charge is 0.453 e. The van der Waals surface area contributed by atoms with Gasteiger partial charge in [-0.05, 0) is 27.0 Å². The second kappa shape index (κ2) is 5.85. The SMILES string of the molecule is COC(=O)Nc1nc(NC(C)(C)C)nc(SC)n1. The van der Waals surface area contributed by atoms with Gasteiger partial charge in [0.15, 0.2) is 5.16 Å². The summed E-state index contributed by atoms with van der Waals surface area (Å²) in [6.07, 6.45) is 1.23. The molecule has 100 valence electrons. The van der Waals surface area contributed by atoms with Crippen LogP contribution in [0.1, 0.15) is 20.8 Å². The van der Waals surface area contributed by atoms with Gasteiger partial charge < -0.3 is 10.1 Å².